The van der Waals surface area contributed by atoms with Gasteiger partial charge >= 0.3 is 18.2 Å². The summed E-state index contributed by atoms with van der Waals surface area (Å²) in [6.45, 7) is 7.91. The fourth-order valence-electron chi connectivity index (χ4n) is 2.93. The molecule has 0 atom stereocenters. The second-order valence-corrected chi connectivity index (χ2v) is 8.39. The molecule has 0 aliphatic rings. The second kappa shape index (κ2) is 9.68. The number of hydrogen-bond acceptors (Lipinski definition) is 7. The number of anilines is 1. The standard InChI is InChI=1S/C20H21FN6O.C2HF3O2/c1-5-15-14(21)10-23-17(24-15)13-9-22-16-7-6-11(8-12(13)16)18-26-27-19(28-18)25-20(2,3)4;3-2(4,5)1(6)7/h6-10,22H,5H2,1-4H3,(H,25,27);(H,6,7). The van der Waals surface area contributed by atoms with Gasteiger partial charge in [0.1, 0.15) is 0 Å². The number of aryl methyl sites for hydroxylation is 1. The molecule has 9 nitrogen and oxygen atoms in total. The first kappa shape index (κ1) is 25.6. The molecule has 3 N–H and O–H groups in total. The second-order valence-electron chi connectivity index (χ2n) is 8.39. The number of aromatic amines is 1. The van der Waals surface area contributed by atoms with Crippen LogP contribution in [0.3, 0.4) is 0 Å². The molecule has 1 aromatic carbocycles. The first-order valence-corrected chi connectivity index (χ1v) is 10.3. The molecule has 0 radical (unpaired) electrons. The Labute approximate surface area is 196 Å². The summed E-state index contributed by atoms with van der Waals surface area (Å²) in [7, 11) is 0. The lowest BCUT2D eigenvalue weighted by Crippen LogP contribution is -2.26. The smallest absolute Gasteiger partial charge is 0.475 e. The normalized spacial score (nSPS) is 11.8. The topological polar surface area (TPSA) is 130 Å². The predicted molar refractivity (Wildman–Crippen MR) is 119 cm³/mol. The molecule has 0 bridgehead atoms. The summed E-state index contributed by atoms with van der Waals surface area (Å²) in [6.07, 6.45) is -1.55. The lowest BCUT2D eigenvalue weighted by atomic mass is 10.1. The van der Waals surface area contributed by atoms with E-state index in [0.29, 0.717) is 29.8 Å². The van der Waals surface area contributed by atoms with Gasteiger partial charge in [-0.2, -0.15) is 13.2 Å². The highest BCUT2D eigenvalue weighted by molar-refractivity contribution is 5.96. The van der Waals surface area contributed by atoms with E-state index in [-0.39, 0.29) is 5.54 Å². The number of aromatic nitrogens is 5. The summed E-state index contributed by atoms with van der Waals surface area (Å²) >= 11 is 0. The number of nitrogens with zero attached hydrogens (tertiary/aromatic N) is 4. The Bertz CT molecular complexity index is 1340. The summed E-state index contributed by atoms with van der Waals surface area (Å²) < 4.78 is 51.2. The summed E-state index contributed by atoms with van der Waals surface area (Å²) in [5.41, 5.74) is 2.70. The average Bonchev–Trinajstić information content (AvgIpc) is 3.39. The fourth-order valence-corrected chi connectivity index (χ4v) is 2.93. The van der Waals surface area contributed by atoms with Gasteiger partial charge in [0.2, 0.25) is 5.89 Å². The zero-order valence-electron chi connectivity index (χ0n) is 19.2. The summed E-state index contributed by atoms with van der Waals surface area (Å²) in [5, 5.41) is 19.4. The highest BCUT2D eigenvalue weighted by Gasteiger charge is 2.38. The number of benzene rings is 1. The number of carboxylic acids is 1. The maximum Gasteiger partial charge on any atom is 0.490 e. The van der Waals surface area contributed by atoms with Gasteiger partial charge in [0.25, 0.3) is 0 Å². The zero-order valence-corrected chi connectivity index (χ0v) is 19.2. The Morgan fingerprint density at radius 2 is 1.89 bits per heavy atom. The molecule has 13 heteroatoms. The Kier molecular flexibility index (Phi) is 7.08. The highest BCUT2D eigenvalue weighted by Crippen LogP contribution is 2.31. The molecule has 4 rings (SSSR count). The molecule has 35 heavy (non-hydrogen) atoms. The van der Waals surface area contributed by atoms with Gasteiger partial charge in [0, 0.05) is 33.8 Å². The largest absolute Gasteiger partial charge is 0.490 e. The Morgan fingerprint density at radius 1 is 1.20 bits per heavy atom. The minimum atomic E-state index is -5.08. The van der Waals surface area contributed by atoms with Gasteiger partial charge in [-0.1, -0.05) is 12.0 Å². The minimum absolute atomic E-state index is 0.182. The Hall–Kier alpha value is -4.03. The number of fused-ring (bicyclic) bond motifs is 1. The number of halogens is 4. The van der Waals surface area contributed by atoms with E-state index < -0.39 is 18.0 Å². The molecule has 0 spiro atoms. The van der Waals surface area contributed by atoms with Gasteiger partial charge in [-0.25, -0.2) is 19.2 Å². The van der Waals surface area contributed by atoms with Crippen LogP contribution in [-0.2, 0) is 11.2 Å². The molecule has 186 valence electrons. The summed E-state index contributed by atoms with van der Waals surface area (Å²) in [4.78, 5) is 20.6. The van der Waals surface area contributed by atoms with E-state index in [1.54, 1.807) is 0 Å². The monoisotopic (exact) mass is 494 g/mol. The van der Waals surface area contributed by atoms with Gasteiger partial charge < -0.3 is 19.8 Å². The van der Waals surface area contributed by atoms with Crippen molar-refractivity contribution < 1.29 is 31.9 Å². The van der Waals surface area contributed by atoms with E-state index in [2.05, 4.69) is 30.5 Å². The van der Waals surface area contributed by atoms with Crippen LogP contribution in [-0.4, -0.2) is 47.9 Å². The van der Waals surface area contributed by atoms with Crippen LogP contribution >= 0.6 is 0 Å². The van der Waals surface area contributed by atoms with Crippen molar-refractivity contribution in [2.45, 2.75) is 45.8 Å². The van der Waals surface area contributed by atoms with Gasteiger partial charge in [-0.3, -0.25) is 0 Å². The molecule has 0 aliphatic heterocycles. The van der Waals surface area contributed by atoms with Crippen LogP contribution < -0.4 is 5.32 Å². The predicted octanol–water partition coefficient (Wildman–Crippen LogP) is 5.22. The van der Waals surface area contributed by atoms with E-state index in [1.165, 1.54) is 6.20 Å². The van der Waals surface area contributed by atoms with Crippen molar-refractivity contribution in [3.8, 4) is 22.8 Å². The quantitative estimate of drug-likeness (QED) is 0.329. The Balaban J connectivity index is 0.000000429. The number of hydrogen-bond donors (Lipinski definition) is 3. The molecule has 0 saturated heterocycles. The van der Waals surface area contributed by atoms with Crippen molar-refractivity contribution in [3.63, 3.8) is 0 Å². The minimum Gasteiger partial charge on any atom is -0.475 e. The van der Waals surface area contributed by atoms with Crippen molar-refractivity contribution in [2.24, 2.45) is 0 Å². The SMILES string of the molecule is CCc1nc(-c2c[nH]c3ccc(-c4nnc(NC(C)(C)C)o4)cc23)ncc1F.O=C(O)C(F)(F)F. The van der Waals surface area contributed by atoms with Gasteiger partial charge in [-0.15, -0.1) is 5.10 Å². The average molecular weight is 494 g/mol. The zero-order chi connectivity index (χ0) is 26.0. The van der Waals surface area contributed by atoms with E-state index >= 15 is 0 Å². The van der Waals surface area contributed by atoms with Crippen molar-refractivity contribution >= 4 is 22.9 Å². The van der Waals surface area contributed by atoms with Crippen molar-refractivity contribution in [2.75, 3.05) is 5.32 Å². The molecule has 0 amide bonds. The van der Waals surface area contributed by atoms with Crippen LogP contribution in [0.2, 0.25) is 0 Å². The van der Waals surface area contributed by atoms with Crippen LogP contribution in [0, 0.1) is 5.82 Å². The number of alkyl halides is 3. The number of rotatable bonds is 4. The number of nitrogens with one attached hydrogen (secondary N) is 2. The molecule has 4 aromatic rings. The van der Waals surface area contributed by atoms with Gasteiger partial charge in [0.05, 0.1) is 11.9 Å². The lowest BCUT2D eigenvalue weighted by Gasteiger charge is -2.17. The first-order valence-electron chi connectivity index (χ1n) is 10.3. The van der Waals surface area contributed by atoms with E-state index in [9.17, 15) is 17.6 Å². The number of aliphatic carboxylic acids is 1. The molecular formula is C22H22F4N6O3. The van der Waals surface area contributed by atoms with Crippen LogP contribution in [0.15, 0.2) is 35.0 Å². The van der Waals surface area contributed by atoms with Crippen molar-refractivity contribution in [3.05, 3.63) is 42.1 Å². The number of carbonyl (C=O) groups is 1. The Morgan fingerprint density at radius 3 is 2.49 bits per heavy atom. The number of carboxylic acid groups (broad SMARTS) is 1. The third-order valence-corrected chi connectivity index (χ3v) is 4.47. The third-order valence-electron chi connectivity index (χ3n) is 4.47. The van der Waals surface area contributed by atoms with Crippen LogP contribution in [0.1, 0.15) is 33.4 Å². The van der Waals surface area contributed by atoms with Crippen LogP contribution in [0.4, 0.5) is 23.6 Å². The molecule has 3 heterocycles. The van der Waals surface area contributed by atoms with E-state index in [0.717, 1.165) is 22.0 Å². The lowest BCUT2D eigenvalue weighted by molar-refractivity contribution is -0.192. The fraction of sp³-hybridized carbons (Fsp3) is 0.318. The first-order chi connectivity index (χ1) is 16.3. The molecule has 0 saturated carbocycles. The van der Waals surface area contributed by atoms with E-state index in [4.69, 9.17) is 14.3 Å². The molecule has 3 aromatic heterocycles. The van der Waals surface area contributed by atoms with E-state index in [1.807, 2.05) is 52.1 Å². The summed E-state index contributed by atoms with van der Waals surface area (Å²) in [5.74, 6) is -2.26. The number of H-pyrrole nitrogens is 1. The summed E-state index contributed by atoms with van der Waals surface area (Å²) in [6, 6.07) is 6.14. The van der Waals surface area contributed by atoms with Crippen LogP contribution in [0.5, 0.6) is 0 Å². The third kappa shape index (κ3) is 6.31. The maximum atomic E-state index is 13.8. The molecule has 0 fully saturated rings. The van der Waals surface area contributed by atoms with Gasteiger partial charge in [-0.05, 0) is 45.4 Å². The molecular weight excluding hydrogens is 472 g/mol. The van der Waals surface area contributed by atoms with Crippen molar-refractivity contribution in [1.82, 2.24) is 25.1 Å². The van der Waals surface area contributed by atoms with Crippen molar-refractivity contribution in [1.29, 1.82) is 0 Å². The molecule has 0 unspecified atom stereocenters. The maximum absolute atomic E-state index is 13.8. The highest BCUT2D eigenvalue weighted by atomic mass is 19.4. The van der Waals surface area contributed by atoms with Gasteiger partial charge in [0.15, 0.2) is 11.6 Å². The molecule has 0 aliphatic carbocycles. The van der Waals surface area contributed by atoms with Crippen LogP contribution in [0.25, 0.3) is 33.7 Å².